The number of nitrogens with zero attached hydrogens (tertiary/aromatic N) is 1. The molecule has 1 saturated carbocycles. The first-order valence-corrected chi connectivity index (χ1v) is 8.84. The van der Waals surface area contributed by atoms with Gasteiger partial charge in [0.1, 0.15) is 0 Å². The summed E-state index contributed by atoms with van der Waals surface area (Å²) < 4.78 is 0. The van der Waals surface area contributed by atoms with Gasteiger partial charge in [0.25, 0.3) is 0 Å². The third-order valence-electron chi connectivity index (χ3n) is 5.33. The van der Waals surface area contributed by atoms with Gasteiger partial charge in [0, 0.05) is 25.1 Å². The first-order chi connectivity index (χ1) is 10.7. The van der Waals surface area contributed by atoms with Gasteiger partial charge in [0.2, 0.25) is 0 Å². The van der Waals surface area contributed by atoms with Crippen LogP contribution in [0.15, 0.2) is 24.3 Å². The molecule has 0 aromatic heterocycles. The van der Waals surface area contributed by atoms with Crippen LogP contribution in [0.4, 0.5) is 0 Å². The summed E-state index contributed by atoms with van der Waals surface area (Å²) in [4.78, 5) is 2.55. The summed E-state index contributed by atoms with van der Waals surface area (Å²) in [5.41, 5.74) is 8.54. The molecule has 0 spiro atoms. The van der Waals surface area contributed by atoms with Crippen LogP contribution in [0.2, 0.25) is 0 Å². The van der Waals surface area contributed by atoms with Crippen LogP contribution < -0.4 is 5.73 Å². The second kappa shape index (κ2) is 9.98. The lowest BCUT2D eigenvalue weighted by Gasteiger charge is -2.42. The van der Waals surface area contributed by atoms with Gasteiger partial charge in [0.15, 0.2) is 0 Å². The van der Waals surface area contributed by atoms with E-state index in [9.17, 15) is 5.11 Å². The van der Waals surface area contributed by atoms with E-state index in [0.717, 1.165) is 32.0 Å². The van der Waals surface area contributed by atoms with Gasteiger partial charge in [-0.05, 0) is 55.8 Å². The van der Waals surface area contributed by atoms with E-state index in [1.165, 1.54) is 43.2 Å². The molecule has 0 bridgehead atoms. The normalized spacial score (nSPS) is 24.1. The molecule has 1 saturated heterocycles. The predicted molar refractivity (Wildman–Crippen MR) is 105 cm³/mol. The average Bonchev–Trinajstić information content (AvgIpc) is 3.32. The Kier molecular flexibility index (Phi) is 9.03. The number of likely N-dealkylation sites (tertiary alicyclic amines) is 1. The summed E-state index contributed by atoms with van der Waals surface area (Å²) in [5.74, 6) is 0.889. The molecule has 3 nitrogen and oxygen atoms in total. The second-order valence-corrected chi connectivity index (χ2v) is 7.48. The fraction of sp³-hybridized carbons (Fsp3) is 0.684. The molecule has 3 N–H and O–H groups in total. The Morgan fingerprint density at radius 2 is 1.96 bits per heavy atom. The standard InChI is InChI=1S/C19H30N2O.2ClH/c20-9-7-16-3-1-4-18(11-16)13-21-10-2-8-19(14-21,15-22)12-17-5-6-17;;/h1,3-4,11,17,22H,2,5-10,12-15,20H2;2*1H. The van der Waals surface area contributed by atoms with E-state index in [1.54, 1.807) is 0 Å². The van der Waals surface area contributed by atoms with Crippen molar-refractivity contribution in [2.75, 3.05) is 26.2 Å². The Morgan fingerprint density at radius 1 is 1.21 bits per heavy atom. The number of nitrogens with two attached hydrogens (primary N) is 1. The number of rotatable bonds is 7. The van der Waals surface area contributed by atoms with Crippen molar-refractivity contribution in [3.8, 4) is 0 Å². The highest BCUT2D eigenvalue weighted by molar-refractivity contribution is 5.85. The van der Waals surface area contributed by atoms with Crippen molar-refractivity contribution < 1.29 is 5.11 Å². The SMILES string of the molecule is Cl.Cl.NCCc1cccc(CN2CCCC(CO)(CC3CC3)C2)c1. The van der Waals surface area contributed by atoms with Crippen LogP contribution in [0, 0.1) is 11.3 Å². The van der Waals surface area contributed by atoms with Gasteiger partial charge < -0.3 is 10.8 Å². The minimum atomic E-state index is 0. The lowest BCUT2D eigenvalue weighted by Crippen LogP contribution is -2.45. The number of benzene rings is 1. The van der Waals surface area contributed by atoms with Gasteiger partial charge in [0.05, 0.1) is 0 Å². The number of halogens is 2. The average molecular weight is 375 g/mol. The number of piperidine rings is 1. The second-order valence-electron chi connectivity index (χ2n) is 7.48. The number of hydrogen-bond donors (Lipinski definition) is 2. The molecule has 1 heterocycles. The molecule has 1 aliphatic carbocycles. The van der Waals surface area contributed by atoms with Crippen LogP contribution in [-0.4, -0.2) is 36.2 Å². The van der Waals surface area contributed by atoms with Crippen molar-refractivity contribution in [2.45, 2.75) is 45.1 Å². The Bertz CT molecular complexity index is 496. The van der Waals surface area contributed by atoms with Crippen LogP contribution in [0.1, 0.15) is 43.2 Å². The molecule has 3 rings (SSSR count). The lowest BCUT2D eigenvalue weighted by atomic mass is 9.76. The van der Waals surface area contributed by atoms with Crippen LogP contribution in [0.5, 0.6) is 0 Å². The molecule has 1 unspecified atom stereocenters. The largest absolute Gasteiger partial charge is 0.396 e. The molecular formula is C19H32Cl2N2O. The third kappa shape index (κ3) is 5.89. The highest BCUT2D eigenvalue weighted by Gasteiger charge is 2.39. The Labute approximate surface area is 158 Å². The molecule has 1 atom stereocenters. The smallest absolute Gasteiger partial charge is 0.0499 e. The fourth-order valence-corrected chi connectivity index (χ4v) is 4.05. The number of aliphatic hydroxyl groups excluding tert-OH is 1. The highest BCUT2D eigenvalue weighted by atomic mass is 35.5. The van der Waals surface area contributed by atoms with E-state index in [0.29, 0.717) is 13.2 Å². The van der Waals surface area contributed by atoms with Crippen molar-refractivity contribution in [2.24, 2.45) is 17.1 Å². The fourth-order valence-electron chi connectivity index (χ4n) is 4.05. The molecule has 138 valence electrons. The summed E-state index contributed by atoms with van der Waals surface area (Å²) in [7, 11) is 0. The molecule has 1 aromatic carbocycles. The maximum Gasteiger partial charge on any atom is 0.0499 e. The quantitative estimate of drug-likeness (QED) is 0.768. The minimum absolute atomic E-state index is 0. The van der Waals surface area contributed by atoms with Crippen molar-refractivity contribution in [3.63, 3.8) is 0 Å². The molecule has 0 amide bonds. The maximum absolute atomic E-state index is 9.98. The molecule has 24 heavy (non-hydrogen) atoms. The maximum atomic E-state index is 9.98. The first kappa shape index (κ1) is 21.7. The summed E-state index contributed by atoms with van der Waals surface area (Å²) in [6.07, 6.45) is 7.36. The molecule has 2 aliphatic rings. The summed E-state index contributed by atoms with van der Waals surface area (Å²) in [6, 6.07) is 8.82. The van der Waals surface area contributed by atoms with E-state index < -0.39 is 0 Å². The Balaban J connectivity index is 0.00000144. The molecule has 1 aliphatic heterocycles. The van der Waals surface area contributed by atoms with Crippen molar-refractivity contribution in [1.82, 2.24) is 4.90 Å². The topological polar surface area (TPSA) is 49.5 Å². The molecule has 0 radical (unpaired) electrons. The van der Waals surface area contributed by atoms with Crippen molar-refractivity contribution in [3.05, 3.63) is 35.4 Å². The number of aliphatic hydroxyl groups is 1. The first-order valence-electron chi connectivity index (χ1n) is 8.84. The summed E-state index contributed by atoms with van der Waals surface area (Å²) >= 11 is 0. The van der Waals surface area contributed by atoms with Crippen LogP contribution >= 0.6 is 24.8 Å². The van der Waals surface area contributed by atoms with E-state index >= 15 is 0 Å². The van der Waals surface area contributed by atoms with E-state index in [2.05, 4.69) is 29.2 Å². The summed E-state index contributed by atoms with van der Waals surface area (Å²) in [5, 5.41) is 9.98. The van der Waals surface area contributed by atoms with E-state index in [-0.39, 0.29) is 30.2 Å². The van der Waals surface area contributed by atoms with Crippen LogP contribution in [0.3, 0.4) is 0 Å². The van der Waals surface area contributed by atoms with Crippen LogP contribution in [0.25, 0.3) is 0 Å². The van der Waals surface area contributed by atoms with Gasteiger partial charge in [-0.3, -0.25) is 4.90 Å². The monoisotopic (exact) mass is 374 g/mol. The molecule has 5 heteroatoms. The van der Waals surface area contributed by atoms with Gasteiger partial charge in [-0.15, -0.1) is 24.8 Å². The molecular weight excluding hydrogens is 343 g/mol. The molecule has 1 aromatic rings. The van der Waals surface area contributed by atoms with Gasteiger partial charge >= 0.3 is 0 Å². The highest BCUT2D eigenvalue weighted by Crippen LogP contribution is 2.44. The van der Waals surface area contributed by atoms with E-state index in [4.69, 9.17) is 5.73 Å². The van der Waals surface area contributed by atoms with Gasteiger partial charge in [-0.25, -0.2) is 0 Å². The predicted octanol–water partition coefficient (Wildman–Crippen LogP) is 3.41. The molecule has 2 fully saturated rings. The zero-order valence-electron chi connectivity index (χ0n) is 14.5. The minimum Gasteiger partial charge on any atom is -0.396 e. The van der Waals surface area contributed by atoms with Crippen molar-refractivity contribution in [1.29, 1.82) is 0 Å². The third-order valence-corrected chi connectivity index (χ3v) is 5.33. The van der Waals surface area contributed by atoms with Gasteiger partial charge in [-0.2, -0.15) is 0 Å². The van der Waals surface area contributed by atoms with Gasteiger partial charge in [-0.1, -0.05) is 37.1 Å². The zero-order chi connectivity index (χ0) is 15.4. The Hall–Kier alpha value is -0.320. The zero-order valence-corrected chi connectivity index (χ0v) is 16.1. The van der Waals surface area contributed by atoms with Crippen LogP contribution in [-0.2, 0) is 13.0 Å². The lowest BCUT2D eigenvalue weighted by molar-refractivity contribution is 0.0180. The summed E-state index contributed by atoms with van der Waals surface area (Å²) in [6.45, 7) is 4.29. The Morgan fingerprint density at radius 3 is 2.62 bits per heavy atom. The number of hydrogen-bond acceptors (Lipinski definition) is 3. The van der Waals surface area contributed by atoms with E-state index in [1.807, 2.05) is 0 Å². The van der Waals surface area contributed by atoms with Crippen molar-refractivity contribution >= 4 is 24.8 Å².